The quantitative estimate of drug-likeness (QED) is 0.802. The highest BCUT2D eigenvalue weighted by atomic mass is 16.6. The van der Waals surface area contributed by atoms with Gasteiger partial charge in [0.1, 0.15) is 5.78 Å². The zero-order chi connectivity index (χ0) is 17.4. The number of Topliss-reactive ketones (excluding diaryl/α,β-unsaturated/α-hetero) is 1. The number of carbonyl (C=O) groups is 1. The number of fused-ring (bicyclic) bond motifs is 3. The molecule has 4 nitrogen and oxygen atoms in total. The predicted octanol–water partition coefficient (Wildman–Crippen LogP) is 2.82. The SMILES string of the molecule is C[C@@H](CC(=O)[C@H]1[C@@H](C)C[C@H](O)[C@H]2C(C)(C)CC3OC3[C@]12C)C1CO1. The lowest BCUT2D eigenvalue weighted by molar-refractivity contribution is -0.166. The number of aliphatic hydroxyl groups excluding tert-OH is 1. The second-order valence-electron chi connectivity index (χ2n) is 9.91. The Morgan fingerprint density at radius 3 is 2.62 bits per heavy atom. The molecule has 4 rings (SSSR count). The highest BCUT2D eigenvalue weighted by Gasteiger charge is 2.71. The van der Waals surface area contributed by atoms with Crippen LogP contribution in [-0.4, -0.2) is 41.9 Å². The van der Waals surface area contributed by atoms with Gasteiger partial charge in [0.25, 0.3) is 0 Å². The van der Waals surface area contributed by atoms with Crippen LogP contribution in [0, 0.1) is 34.5 Å². The van der Waals surface area contributed by atoms with Gasteiger partial charge in [-0.25, -0.2) is 0 Å². The first-order chi connectivity index (χ1) is 11.2. The Hall–Kier alpha value is -0.450. The Morgan fingerprint density at radius 2 is 2.00 bits per heavy atom. The van der Waals surface area contributed by atoms with Crippen LogP contribution in [0.1, 0.15) is 53.9 Å². The van der Waals surface area contributed by atoms with Crippen LogP contribution in [0.3, 0.4) is 0 Å². The van der Waals surface area contributed by atoms with Gasteiger partial charge in [0, 0.05) is 17.8 Å². The molecule has 2 heterocycles. The summed E-state index contributed by atoms with van der Waals surface area (Å²) < 4.78 is 11.4. The molecule has 0 amide bonds. The molecule has 2 saturated heterocycles. The molecular weight excluding hydrogens is 304 g/mol. The van der Waals surface area contributed by atoms with E-state index in [9.17, 15) is 9.90 Å². The van der Waals surface area contributed by atoms with Crippen molar-refractivity contribution in [2.45, 2.75) is 78.3 Å². The molecule has 4 aliphatic rings. The fourth-order valence-corrected chi connectivity index (χ4v) is 6.71. The van der Waals surface area contributed by atoms with E-state index in [0.29, 0.717) is 18.1 Å². The van der Waals surface area contributed by atoms with Crippen molar-refractivity contribution >= 4 is 5.78 Å². The van der Waals surface area contributed by atoms with Gasteiger partial charge in [-0.2, -0.15) is 0 Å². The smallest absolute Gasteiger partial charge is 0.137 e. The normalized spacial score (nSPS) is 52.8. The standard InChI is InChI=1S/C20H32O4/c1-10(15-9-23-15)6-12(21)16-11(2)7-13(22)17-19(3,4)8-14-18(24-14)20(16,17)5/h10-11,13-18,22H,6-9H2,1-5H3/t10-,11-,13-,14?,15?,16+,17-,18?,20+/m0/s1. The maximum Gasteiger partial charge on any atom is 0.137 e. The topological polar surface area (TPSA) is 62.4 Å². The van der Waals surface area contributed by atoms with Crippen LogP contribution in [0.5, 0.6) is 0 Å². The molecule has 0 aromatic carbocycles. The zero-order valence-corrected chi connectivity index (χ0v) is 15.6. The van der Waals surface area contributed by atoms with Gasteiger partial charge in [-0.15, -0.1) is 0 Å². The van der Waals surface area contributed by atoms with Gasteiger partial charge < -0.3 is 14.6 Å². The Morgan fingerprint density at radius 1 is 1.33 bits per heavy atom. The van der Waals surface area contributed by atoms with E-state index < -0.39 is 0 Å². The Bertz CT molecular complexity index is 540. The number of ether oxygens (including phenoxy) is 2. The first-order valence-corrected chi connectivity index (χ1v) is 9.64. The first kappa shape index (κ1) is 17.0. The molecule has 24 heavy (non-hydrogen) atoms. The monoisotopic (exact) mass is 336 g/mol. The highest BCUT2D eigenvalue weighted by Crippen LogP contribution is 2.67. The Kier molecular flexibility index (Phi) is 3.73. The van der Waals surface area contributed by atoms with Crippen molar-refractivity contribution in [3.8, 4) is 0 Å². The molecule has 0 radical (unpaired) electrons. The van der Waals surface area contributed by atoms with Gasteiger partial charge >= 0.3 is 0 Å². The van der Waals surface area contributed by atoms with Crippen molar-refractivity contribution in [2.24, 2.45) is 34.5 Å². The van der Waals surface area contributed by atoms with Crippen molar-refractivity contribution in [3.05, 3.63) is 0 Å². The van der Waals surface area contributed by atoms with Gasteiger partial charge in [-0.3, -0.25) is 4.79 Å². The summed E-state index contributed by atoms with van der Waals surface area (Å²) in [5.74, 6) is 0.982. The molecule has 2 saturated carbocycles. The van der Waals surface area contributed by atoms with Crippen molar-refractivity contribution in [1.82, 2.24) is 0 Å². The van der Waals surface area contributed by atoms with E-state index >= 15 is 0 Å². The summed E-state index contributed by atoms with van der Waals surface area (Å²) in [4.78, 5) is 13.3. The van der Waals surface area contributed by atoms with Gasteiger partial charge in [0.15, 0.2) is 0 Å². The molecule has 136 valence electrons. The molecule has 4 heteroatoms. The minimum absolute atomic E-state index is 0.00965. The molecule has 2 aliphatic carbocycles. The van der Waals surface area contributed by atoms with Crippen molar-refractivity contribution in [1.29, 1.82) is 0 Å². The first-order valence-electron chi connectivity index (χ1n) is 9.64. The summed E-state index contributed by atoms with van der Waals surface area (Å²) >= 11 is 0. The second kappa shape index (κ2) is 5.28. The third kappa shape index (κ3) is 2.40. The maximum absolute atomic E-state index is 13.3. The summed E-state index contributed by atoms with van der Waals surface area (Å²) in [7, 11) is 0. The van der Waals surface area contributed by atoms with Crippen molar-refractivity contribution < 1.29 is 19.4 Å². The number of hydrogen-bond donors (Lipinski definition) is 1. The van der Waals surface area contributed by atoms with Crippen LogP contribution in [-0.2, 0) is 14.3 Å². The molecule has 0 spiro atoms. The number of rotatable bonds is 4. The average Bonchev–Trinajstić information content (AvgIpc) is 3.30. The lowest BCUT2D eigenvalue weighted by Gasteiger charge is -2.58. The van der Waals surface area contributed by atoms with Crippen LogP contribution in [0.25, 0.3) is 0 Å². The molecule has 9 atom stereocenters. The summed E-state index contributed by atoms with van der Waals surface area (Å²) in [6, 6.07) is 0. The van der Waals surface area contributed by atoms with E-state index in [2.05, 4.69) is 34.6 Å². The van der Waals surface area contributed by atoms with Crippen LogP contribution >= 0.6 is 0 Å². The number of hydrogen-bond acceptors (Lipinski definition) is 4. The van der Waals surface area contributed by atoms with E-state index in [0.717, 1.165) is 19.4 Å². The maximum atomic E-state index is 13.3. The van der Waals surface area contributed by atoms with E-state index in [4.69, 9.17) is 9.47 Å². The van der Waals surface area contributed by atoms with Gasteiger partial charge in [0.2, 0.25) is 0 Å². The lowest BCUT2D eigenvalue weighted by Crippen LogP contribution is -2.62. The second-order valence-corrected chi connectivity index (χ2v) is 9.91. The number of epoxide rings is 2. The fraction of sp³-hybridized carbons (Fsp3) is 0.950. The summed E-state index contributed by atoms with van der Waals surface area (Å²) in [6.45, 7) is 11.8. The van der Waals surface area contributed by atoms with Gasteiger partial charge in [0.05, 0.1) is 31.0 Å². The van der Waals surface area contributed by atoms with Gasteiger partial charge in [-0.1, -0.05) is 34.6 Å². The van der Waals surface area contributed by atoms with Crippen LogP contribution in [0.4, 0.5) is 0 Å². The predicted molar refractivity (Wildman–Crippen MR) is 90.5 cm³/mol. The molecule has 1 N–H and O–H groups in total. The molecule has 4 fully saturated rings. The lowest BCUT2D eigenvalue weighted by atomic mass is 9.45. The fourth-order valence-electron chi connectivity index (χ4n) is 6.71. The largest absolute Gasteiger partial charge is 0.393 e. The minimum Gasteiger partial charge on any atom is -0.393 e. The third-order valence-electron chi connectivity index (χ3n) is 7.54. The average molecular weight is 336 g/mol. The molecule has 0 aromatic heterocycles. The van der Waals surface area contributed by atoms with Crippen molar-refractivity contribution in [2.75, 3.05) is 6.61 Å². The third-order valence-corrected chi connectivity index (χ3v) is 7.54. The number of carbonyl (C=O) groups excluding carboxylic acids is 1. The molecular formula is C20H32O4. The number of aliphatic hydroxyl groups is 1. The van der Waals surface area contributed by atoms with E-state index in [1.165, 1.54) is 0 Å². The van der Waals surface area contributed by atoms with Crippen molar-refractivity contribution in [3.63, 3.8) is 0 Å². The van der Waals surface area contributed by atoms with Crippen LogP contribution in [0.15, 0.2) is 0 Å². The summed E-state index contributed by atoms with van der Waals surface area (Å²) in [5, 5.41) is 10.9. The minimum atomic E-state index is -0.335. The summed E-state index contributed by atoms with van der Waals surface area (Å²) in [5.41, 5.74) is -0.236. The Balaban J connectivity index is 1.65. The van der Waals surface area contributed by atoms with Crippen LogP contribution in [0.2, 0.25) is 0 Å². The zero-order valence-electron chi connectivity index (χ0n) is 15.6. The summed E-state index contributed by atoms with van der Waals surface area (Å²) in [6.07, 6.45) is 2.68. The molecule has 3 unspecified atom stereocenters. The van der Waals surface area contributed by atoms with Crippen LogP contribution < -0.4 is 0 Å². The van der Waals surface area contributed by atoms with E-state index in [1.54, 1.807) is 0 Å². The van der Waals surface area contributed by atoms with Gasteiger partial charge in [-0.05, 0) is 36.0 Å². The Labute approximate surface area is 145 Å². The molecule has 2 aliphatic heterocycles. The molecule has 0 bridgehead atoms. The van der Waals surface area contributed by atoms with E-state index in [-0.39, 0.29) is 53.0 Å². The number of ketones is 1. The highest BCUT2D eigenvalue weighted by molar-refractivity contribution is 5.83. The van der Waals surface area contributed by atoms with E-state index in [1.807, 2.05) is 0 Å². The molecule has 0 aromatic rings.